The molecule has 20 heavy (non-hydrogen) atoms. The van der Waals surface area contributed by atoms with Crippen molar-refractivity contribution in [3.63, 3.8) is 0 Å². The van der Waals surface area contributed by atoms with E-state index in [9.17, 15) is 13.2 Å². The first-order valence-corrected chi connectivity index (χ1v) is 5.92. The molecule has 0 saturated heterocycles. The summed E-state index contributed by atoms with van der Waals surface area (Å²) in [6.07, 6.45) is -6.18. The Kier molecular flexibility index (Phi) is 5.86. The summed E-state index contributed by atoms with van der Waals surface area (Å²) in [7, 11) is 1.49. The molecule has 0 aliphatic carbocycles. The quantitative estimate of drug-likeness (QED) is 0.865. The Balaban J connectivity index is 2.82. The maximum atomic E-state index is 12.3. The van der Waals surface area contributed by atoms with Crippen LogP contribution >= 0.6 is 0 Å². The number of ether oxygens (including phenoxy) is 2. The van der Waals surface area contributed by atoms with Crippen LogP contribution in [0.4, 0.5) is 13.2 Å². The third-order valence-electron chi connectivity index (χ3n) is 2.55. The van der Waals surface area contributed by atoms with E-state index in [-0.39, 0.29) is 13.2 Å². The number of benzene rings is 1. The summed E-state index contributed by atoms with van der Waals surface area (Å²) >= 11 is 0. The van der Waals surface area contributed by atoms with Crippen LogP contribution in [0.1, 0.15) is 18.1 Å². The smallest absolute Gasteiger partial charge is 0.414 e. The molecule has 0 spiro atoms. The first kappa shape index (κ1) is 16.3. The summed E-state index contributed by atoms with van der Waals surface area (Å²) in [5.74, 6) is 6.02. The van der Waals surface area contributed by atoms with Gasteiger partial charge in [-0.2, -0.15) is 13.2 Å². The summed E-state index contributed by atoms with van der Waals surface area (Å²) in [6, 6.07) is 4.90. The van der Waals surface area contributed by atoms with E-state index in [0.29, 0.717) is 16.9 Å². The fourth-order valence-corrected chi connectivity index (χ4v) is 1.40. The van der Waals surface area contributed by atoms with Gasteiger partial charge in [0.05, 0.1) is 25.8 Å². The van der Waals surface area contributed by atoms with Gasteiger partial charge in [0, 0.05) is 0 Å². The number of rotatable bonds is 4. The Hall–Kier alpha value is -1.71. The molecular weight excluding hydrogens is 271 g/mol. The Labute approximate surface area is 115 Å². The van der Waals surface area contributed by atoms with Crippen molar-refractivity contribution in [2.24, 2.45) is 5.73 Å². The van der Waals surface area contributed by atoms with Crippen LogP contribution in [0.5, 0.6) is 5.75 Å². The first-order valence-electron chi connectivity index (χ1n) is 5.92. The maximum absolute atomic E-state index is 12.3. The van der Waals surface area contributed by atoms with Gasteiger partial charge >= 0.3 is 6.18 Å². The zero-order chi connectivity index (χ0) is 15.2. The number of hydrogen-bond donors (Lipinski definition) is 1. The Morgan fingerprint density at radius 3 is 2.60 bits per heavy atom. The second-order valence-electron chi connectivity index (χ2n) is 4.04. The van der Waals surface area contributed by atoms with E-state index in [0.717, 1.165) is 6.92 Å². The van der Waals surface area contributed by atoms with E-state index in [1.807, 2.05) is 0 Å². The topological polar surface area (TPSA) is 44.5 Å². The van der Waals surface area contributed by atoms with E-state index < -0.39 is 12.3 Å². The van der Waals surface area contributed by atoms with Gasteiger partial charge in [-0.05, 0) is 24.6 Å². The summed E-state index contributed by atoms with van der Waals surface area (Å²) in [6.45, 7) is 1.01. The van der Waals surface area contributed by atoms with Crippen molar-refractivity contribution in [3.05, 3.63) is 29.3 Å². The SMILES string of the molecule is COc1ccc(COC(C)C(F)(F)F)cc1C#CCN. The van der Waals surface area contributed by atoms with Crippen LogP contribution in [0.25, 0.3) is 0 Å². The van der Waals surface area contributed by atoms with Crippen LogP contribution in [0.15, 0.2) is 18.2 Å². The summed E-state index contributed by atoms with van der Waals surface area (Å²) in [4.78, 5) is 0. The van der Waals surface area contributed by atoms with Gasteiger partial charge in [-0.3, -0.25) is 0 Å². The molecule has 2 N–H and O–H groups in total. The molecule has 0 amide bonds. The maximum Gasteiger partial charge on any atom is 0.414 e. The van der Waals surface area contributed by atoms with E-state index in [1.165, 1.54) is 7.11 Å². The van der Waals surface area contributed by atoms with Gasteiger partial charge in [0.25, 0.3) is 0 Å². The van der Waals surface area contributed by atoms with Crippen LogP contribution in [0.3, 0.4) is 0 Å². The number of alkyl halides is 3. The van der Waals surface area contributed by atoms with Gasteiger partial charge < -0.3 is 15.2 Å². The monoisotopic (exact) mass is 287 g/mol. The molecule has 1 atom stereocenters. The van der Waals surface area contributed by atoms with Crippen molar-refractivity contribution in [1.82, 2.24) is 0 Å². The highest BCUT2D eigenvalue weighted by molar-refractivity contribution is 5.48. The minimum Gasteiger partial charge on any atom is -0.495 e. The van der Waals surface area contributed by atoms with Gasteiger partial charge in [0.1, 0.15) is 5.75 Å². The molecule has 0 aromatic heterocycles. The van der Waals surface area contributed by atoms with Crippen LogP contribution < -0.4 is 10.5 Å². The molecule has 0 bridgehead atoms. The van der Waals surface area contributed by atoms with Crippen LogP contribution in [-0.2, 0) is 11.3 Å². The van der Waals surface area contributed by atoms with Gasteiger partial charge in [-0.15, -0.1) is 0 Å². The van der Waals surface area contributed by atoms with E-state index in [2.05, 4.69) is 11.8 Å². The lowest BCUT2D eigenvalue weighted by atomic mass is 10.1. The van der Waals surface area contributed by atoms with Gasteiger partial charge in [0.15, 0.2) is 6.10 Å². The van der Waals surface area contributed by atoms with Gasteiger partial charge in [0.2, 0.25) is 0 Å². The first-order chi connectivity index (χ1) is 9.38. The standard InChI is InChI=1S/C14H16F3NO2/c1-10(14(15,16)17)20-9-11-5-6-13(19-2)12(8-11)4-3-7-18/h5-6,8,10H,7,9,18H2,1-2H3. The van der Waals surface area contributed by atoms with Crippen molar-refractivity contribution < 1.29 is 22.6 Å². The van der Waals surface area contributed by atoms with E-state index >= 15 is 0 Å². The molecule has 110 valence electrons. The van der Waals surface area contributed by atoms with E-state index in [4.69, 9.17) is 15.2 Å². The summed E-state index contributed by atoms with van der Waals surface area (Å²) < 4.78 is 46.9. The molecule has 1 unspecified atom stereocenters. The lowest BCUT2D eigenvalue weighted by molar-refractivity contribution is -0.217. The van der Waals surface area contributed by atoms with Gasteiger partial charge in [-0.1, -0.05) is 17.9 Å². The molecule has 0 radical (unpaired) electrons. The lowest BCUT2D eigenvalue weighted by Gasteiger charge is -2.16. The fourth-order valence-electron chi connectivity index (χ4n) is 1.40. The Bertz CT molecular complexity index is 503. The molecule has 0 aliphatic heterocycles. The second-order valence-corrected chi connectivity index (χ2v) is 4.04. The van der Waals surface area contributed by atoms with Crippen molar-refractivity contribution >= 4 is 0 Å². The molecule has 0 aliphatic rings. The third kappa shape index (κ3) is 4.76. The molecule has 6 heteroatoms. The number of halogens is 3. The van der Waals surface area contributed by atoms with Crippen molar-refractivity contribution in [3.8, 4) is 17.6 Å². The molecule has 1 aromatic carbocycles. The average molecular weight is 287 g/mol. The highest BCUT2D eigenvalue weighted by Crippen LogP contribution is 2.24. The van der Waals surface area contributed by atoms with Crippen molar-refractivity contribution in [2.75, 3.05) is 13.7 Å². The minimum absolute atomic E-state index is 0.151. The molecule has 0 fully saturated rings. The van der Waals surface area contributed by atoms with Crippen molar-refractivity contribution in [1.29, 1.82) is 0 Å². The number of methoxy groups -OCH3 is 1. The zero-order valence-corrected chi connectivity index (χ0v) is 11.3. The Morgan fingerprint density at radius 2 is 2.05 bits per heavy atom. The highest BCUT2D eigenvalue weighted by atomic mass is 19.4. The number of nitrogens with two attached hydrogens (primary N) is 1. The predicted molar refractivity (Wildman–Crippen MR) is 69.2 cm³/mol. The normalized spacial score (nSPS) is 12.5. The minimum atomic E-state index is -4.37. The molecule has 0 saturated carbocycles. The molecular formula is C14H16F3NO2. The summed E-state index contributed by atoms with van der Waals surface area (Å²) in [5, 5.41) is 0. The van der Waals surface area contributed by atoms with Crippen LogP contribution in [0.2, 0.25) is 0 Å². The van der Waals surface area contributed by atoms with E-state index in [1.54, 1.807) is 18.2 Å². The largest absolute Gasteiger partial charge is 0.495 e. The second kappa shape index (κ2) is 7.17. The van der Waals surface area contributed by atoms with Crippen LogP contribution in [-0.4, -0.2) is 25.9 Å². The average Bonchev–Trinajstić information content (AvgIpc) is 2.41. The van der Waals surface area contributed by atoms with Crippen LogP contribution in [0, 0.1) is 11.8 Å². The zero-order valence-electron chi connectivity index (χ0n) is 11.3. The third-order valence-corrected chi connectivity index (χ3v) is 2.55. The number of hydrogen-bond acceptors (Lipinski definition) is 3. The predicted octanol–water partition coefficient (Wildman–Crippen LogP) is 2.47. The molecule has 1 rings (SSSR count). The Morgan fingerprint density at radius 1 is 1.35 bits per heavy atom. The summed E-state index contributed by atoms with van der Waals surface area (Å²) in [5.41, 5.74) is 6.44. The molecule has 0 heterocycles. The fraction of sp³-hybridized carbons (Fsp3) is 0.429. The van der Waals surface area contributed by atoms with Crippen molar-refractivity contribution in [2.45, 2.75) is 25.8 Å². The van der Waals surface area contributed by atoms with Gasteiger partial charge in [-0.25, -0.2) is 0 Å². The molecule has 1 aromatic rings. The lowest BCUT2D eigenvalue weighted by Crippen LogP contribution is -2.28. The highest BCUT2D eigenvalue weighted by Gasteiger charge is 2.36. The molecule has 3 nitrogen and oxygen atoms in total.